The Bertz CT molecular complexity index is 442. The van der Waals surface area contributed by atoms with E-state index in [0.717, 1.165) is 0 Å². The molecule has 0 saturated carbocycles. The molecule has 1 saturated heterocycles. The minimum Gasteiger partial charge on any atom is -0.397 e. The van der Waals surface area contributed by atoms with Crippen LogP contribution in [0.15, 0.2) is 12.1 Å². The van der Waals surface area contributed by atoms with Gasteiger partial charge >= 0.3 is 0 Å². The molecule has 84 valence electrons. The number of aromatic nitrogens is 1. The molecule has 6 nitrogen and oxygen atoms in total. The van der Waals surface area contributed by atoms with Gasteiger partial charge in [-0.25, -0.2) is 4.98 Å². The molecule has 1 aliphatic rings. The van der Waals surface area contributed by atoms with Crippen molar-refractivity contribution in [3.05, 3.63) is 17.8 Å². The van der Waals surface area contributed by atoms with E-state index in [4.69, 9.17) is 5.73 Å². The molecule has 1 aromatic rings. The molecule has 1 fully saturated rings. The molecule has 6 heteroatoms. The molecule has 3 N–H and O–H groups in total. The minimum atomic E-state index is -0.312. The number of nitrogen functional groups attached to an aromatic ring is 1. The molecule has 2 amide bonds. The summed E-state index contributed by atoms with van der Waals surface area (Å²) in [6.45, 7) is 2.06. The van der Waals surface area contributed by atoms with Crippen molar-refractivity contribution in [1.82, 2.24) is 10.3 Å². The first-order chi connectivity index (χ1) is 7.56. The number of hydrogen-bond donors (Lipinski definition) is 2. The van der Waals surface area contributed by atoms with Crippen LogP contribution in [0.25, 0.3) is 0 Å². The molecule has 2 heterocycles. The van der Waals surface area contributed by atoms with Crippen molar-refractivity contribution in [3.63, 3.8) is 0 Å². The van der Waals surface area contributed by atoms with E-state index in [0.29, 0.717) is 17.2 Å². The summed E-state index contributed by atoms with van der Waals surface area (Å²) in [4.78, 5) is 28.2. The molecule has 0 aliphatic carbocycles. The highest BCUT2D eigenvalue weighted by Gasteiger charge is 2.23. The van der Waals surface area contributed by atoms with Gasteiger partial charge in [0.15, 0.2) is 0 Å². The Balaban J connectivity index is 2.26. The van der Waals surface area contributed by atoms with Gasteiger partial charge in [-0.05, 0) is 19.1 Å². The van der Waals surface area contributed by atoms with E-state index in [1.165, 1.54) is 0 Å². The van der Waals surface area contributed by atoms with E-state index >= 15 is 0 Å². The zero-order valence-corrected chi connectivity index (χ0v) is 8.86. The van der Waals surface area contributed by atoms with Crippen molar-refractivity contribution in [2.75, 3.05) is 23.7 Å². The highest BCUT2D eigenvalue weighted by molar-refractivity contribution is 6.02. The van der Waals surface area contributed by atoms with Crippen LogP contribution in [-0.2, 0) is 9.59 Å². The lowest BCUT2D eigenvalue weighted by molar-refractivity contribution is -0.130. The van der Waals surface area contributed by atoms with Gasteiger partial charge in [-0.3, -0.25) is 14.9 Å². The SMILES string of the molecule is Cc1nc(N2CC(=O)NC(=O)C2)ccc1N. The molecular formula is C10H12N4O2. The summed E-state index contributed by atoms with van der Waals surface area (Å²) in [5, 5.41) is 2.23. The van der Waals surface area contributed by atoms with Crippen molar-refractivity contribution in [2.45, 2.75) is 6.92 Å². The fourth-order valence-corrected chi connectivity index (χ4v) is 1.53. The number of nitrogens with zero attached hydrogens (tertiary/aromatic N) is 2. The third kappa shape index (κ3) is 1.95. The molecule has 16 heavy (non-hydrogen) atoms. The number of carbonyl (C=O) groups excluding carboxylic acids is 2. The van der Waals surface area contributed by atoms with E-state index in [2.05, 4.69) is 10.3 Å². The predicted octanol–water partition coefficient (Wildman–Crippen LogP) is -0.565. The summed E-state index contributed by atoms with van der Waals surface area (Å²) in [6.07, 6.45) is 0. The second kappa shape index (κ2) is 3.80. The summed E-state index contributed by atoms with van der Waals surface area (Å²) in [7, 11) is 0. The zero-order chi connectivity index (χ0) is 11.7. The number of piperazine rings is 1. The lowest BCUT2D eigenvalue weighted by Gasteiger charge is -2.26. The Labute approximate surface area is 92.4 Å². The number of nitrogens with two attached hydrogens (primary N) is 1. The van der Waals surface area contributed by atoms with Crippen molar-refractivity contribution >= 4 is 23.3 Å². The fraction of sp³-hybridized carbons (Fsp3) is 0.300. The number of hydrogen-bond acceptors (Lipinski definition) is 5. The van der Waals surface area contributed by atoms with Crippen LogP contribution in [0.4, 0.5) is 11.5 Å². The second-order valence-corrected chi connectivity index (χ2v) is 3.67. The van der Waals surface area contributed by atoms with Crippen molar-refractivity contribution in [2.24, 2.45) is 0 Å². The summed E-state index contributed by atoms with van der Waals surface area (Å²) < 4.78 is 0. The van der Waals surface area contributed by atoms with Crippen molar-refractivity contribution < 1.29 is 9.59 Å². The first kappa shape index (κ1) is 10.4. The molecule has 0 radical (unpaired) electrons. The minimum absolute atomic E-state index is 0.141. The van der Waals surface area contributed by atoms with Crippen LogP contribution in [0, 0.1) is 6.92 Å². The molecule has 0 aromatic carbocycles. The van der Waals surface area contributed by atoms with E-state index < -0.39 is 0 Å². The summed E-state index contributed by atoms with van der Waals surface area (Å²) in [6, 6.07) is 3.42. The third-order valence-electron chi connectivity index (χ3n) is 2.38. The Kier molecular flexibility index (Phi) is 2.47. The fourth-order valence-electron chi connectivity index (χ4n) is 1.53. The van der Waals surface area contributed by atoms with Gasteiger partial charge in [0.05, 0.1) is 24.5 Å². The van der Waals surface area contributed by atoms with Gasteiger partial charge in [0.25, 0.3) is 0 Å². The van der Waals surface area contributed by atoms with Crippen LogP contribution in [0.1, 0.15) is 5.69 Å². The number of imide groups is 1. The lowest BCUT2D eigenvalue weighted by Crippen LogP contribution is -2.51. The van der Waals surface area contributed by atoms with E-state index in [-0.39, 0.29) is 24.9 Å². The van der Waals surface area contributed by atoms with E-state index in [1.54, 1.807) is 24.0 Å². The average molecular weight is 220 g/mol. The van der Waals surface area contributed by atoms with Crippen molar-refractivity contribution in [1.29, 1.82) is 0 Å². The standard InChI is InChI=1S/C10H12N4O2/c1-6-7(11)2-3-8(12-6)14-4-9(15)13-10(16)5-14/h2-3H,4-5,11H2,1H3,(H,13,15,16). The molecule has 0 atom stereocenters. The van der Waals surface area contributed by atoms with Crippen LogP contribution in [-0.4, -0.2) is 29.9 Å². The Morgan fingerprint density at radius 2 is 1.94 bits per heavy atom. The maximum atomic E-state index is 11.2. The van der Waals surface area contributed by atoms with Crippen LogP contribution in [0.5, 0.6) is 0 Å². The smallest absolute Gasteiger partial charge is 0.246 e. The molecular weight excluding hydrogens is 208 g/mol. The van der Waals surface area contributed by atoms with Gasteiger partial charge < -0.3 is 10.6 Å². The number of anilines is 2. The highest BCUT2D eigenvalue weighted by atomic mass is 16.2. The predicted molar refractivity (Wildman–Crippen MR) is 58.7 cm³/mol. The monoisotopic (exact) mass is 220 g/mol. The van der Waals surface area contributed by atoms with Gasteiger partial charge in [-0.15, -0.1) is 0 Å². The maximum Gasteiger partial charge on any atom is 0.246 e. The number of rotatable bonds is 1. The van der Waals surface area contributed by atoms with Crippen LogP contribution >= 0.6 is 0 Å². The molecule has 1 aliphatic heterocycles. The quantitative estimate of drug-likeness (QED) is 0.619. The summed E-state index contributed by atoms with van der Waals surface area (Å²) in [5.41, 5.74) is 6.93. The number of carbonyl (C=O) groups is 2. The zero-order valence-electron chi connectivity index (χ0n) is 8.86. The van der Waals surface area contributed by atoms with Crippen LogP contribution in [0.2, 0.25) is 0 Å². The molecule has 0 bridgehead atoms. The molecule has 2 rings (SSSR count). The maximum absolute atomic E-state index is 11.2. The Morgan fingerprint density at radius 1 is 1.31 bits per heavy atom. The Hall–Kier alpha value is -2.11. The third-order valence-corrected chi connectivity index (χ3v) is 2.38. The van der Waals surface area contributed by atoms with Gasteiger partial charge in [0.1, 0.15) is 5.82 Å². The summed E-state index contributed by atoms with van der Waals surface area (Å²) in [5.74, 6) is -0.0324. The van der Waals surface area contributed by atoms with Gasteiger partial charge in [-0.2, -0.15) is 0 Å². The lowest BCUT2D eigenvalue weighted by atomic mass is 10.3. The molecule has 0 unspecified atom stereocenters. The first-order valence-electron chi connectivity index (χ1n) is 4.87. The number of amides is 2. The second-order valence-electron chi connectivity index (χ2n) is 3.67. The van der Waals surface area contributed by atoms with Gasteiger partial charge in [-0.1, -0.05) is 0 Å². The Morgan fingerprint density at radius 3 is 2.50 bits per heavy atom. The number of nitrogens with one attached hydrogen (secondary N) is 1. The van der Waals surface area contributed by atoms with E-state index in [1.807, 2.05) is 0 Å². The van der Waals surface area contributed by atoms with E-state index in [9.17, 15) is 9.59 Å². The average Bonchev–Trinajstić information content (AvgIpc) is 2.20. The number of aryl methyl sites for hydroxylation is 1. The van der Waals surface area contributed by atoms with Crippen LogP contribution < -0.4 is 16.0 Å². The molecule has 0 spiro atoms. The number of pyridine rings is 1. The normalized spacial score (nSPS) is 16.2. The van der Waals surface area contributed by atoms with Crippen LogP contribution in [0.3, 0.4) is 0 Å². The van der Waals surface area contributed by atoms with Gasteiger partial charge in [0.2, 0.25) is 11.8 Å². The molecule has 1 aromatic heterocycles. The van der Waals surface area contributed by atoms with Crippen molar-refractivity contribution in [3.8, 4) is 0 Å². The topological polar surface area (TPSA) is 88.3 Å². The largest absolute Gasteiger partial charge is 0.397 e. The summed E-state index contributed by atoms with van der Waals surface area (Å²) >= 11 is 0. The van der Waals surface area contributed by atoms with Gasteiger partial charge in [0, 0.05) is 0 Å². The first-order valence-corrected chi connectivity index (χ1v) is 4.87. The highest BCUT2D eigenvalue weighted by Crippen LogP contribution is 2.16.